The maximum absolute atomic E-state index is 12.6. The van der Waals surface area contributed by atoms with Crippen LogP contribution in [0.1, 0.15) is 41.7 Å². The van der Waals surface area contributed by atoms with Crippen molar-refractivity contribution in [1.29, 1.82) is 0 Å². The fourth-order valence-electron chi connectivity index (χ4n) is 4.86. The second-order valence-corrected chi connectivity index (χ2v) is 8.82. The van der Waals surface area contributed by atoms with E-state index in [1.807, 2.05) is 30.3 Å². The molecular weight excluding hydrogens is 386 g/mol. The quantitative estimate of drug-likeness (QED) is 0.679. The molecule has 2 aromatic carbocycles. The van der Waals surface area contributed by atoms with E-state index in [1.54, 1.807) is 6.07 Å². The standard InChI is InChI=1S/C26H29N3O2/c30-25(24-11-10-21-8-4-5-9-23(21)28-24)27-18-22-12-13-26(31-22)14-16-29(17-15-26)19-20-6-2-1-3-7-20/h1-11,22H,12-19H2,(H,27,30). The minimum absolute atomic E-state index is 0.0101. The summed E-state index contributed by atoms with van der Waals surface area (Å²) in [5, 5.41) is 4.07. The van der Waals surface area contributed by atoms with Gasteiger partial charge in [-0.1, -0.05) is 54.6 Å². The van der Waals surface area contributed by atoms with Gasteiger partial charge >= 0.3 is 0 Å². The third-order valence-electron chi connectivity index (χ3n) is 6.68. The average Bonchev–Trinajstić information content (AvgIpc) is 3.22. The summed E-state index contributed by atoms with van der Waals surface area (Å²) in [7, 11) is 0. The molecule has 5 nitrogen and oxygen atoms in total. The Labute approximate surface area is 183 Å². The van der Waals surface area contributed by atoms with Gasteiger partial charge in [-0.2, -0.15) is 0 Å². The zero-order valence-electron chi connectivity index (χ0n) is 17.8. The maximum Gasteiger partial charge on any atom is 0.269 e. The summed E-state index contributed by atoms with van der Waals surface area (Å²) in [5.74, 6) is -0.131. The molecule has 5 rings (SSSR count). The highest BCUT2D eigenvalue weighted by Crippen LogP contribution is 2.39. The lowest BCUT2D eigenvalue weighted by atomic mass is 9.88. The van der Waals surface area contributed by atoms with E-state index in [0.29, 0.717) is 12.2 Å². The van der Waals surface area contributed by atoms with E-state index in [0.717, 1.165) is 56.2 Å². The van der Waals surface area contributed by atoms with Crippen molar-refractivity contribution in [1.82, 2.24) is 15.2 Å². The lowest BCUT2D eigenvalue weighted by Gasteiger charge is -2.39. The maximum atomic E-state index is 12.6. The Balaban J connectivity index is 1.11. The highest BCUT2D eigenvalue weighted by molar-refractivity contribution is 5.94. The lowest BCUT2D eigenvalue weighted by molar-refractivity contribution is -0.0764. The molecule has 3 aromatic rings. The first-order valence-corrected chi connectivity index (χ1v) is 11.3. The Bertz CT molecular complexity index is 1040. The first kappa shape index (κ1) is 20.2. The predicted molar refractivity (Wildman–Crippen MR) is 122 cm³/mol. The van der Waals surface area contributed by atoms with Crippen molar-refractivity contribution >= 4 is 16.8 Å². The monoisotopic (exact) mass is 415 g/mol. The highest BCUT2D eigenvalue weighted by atomic mass is 16.5. The Hall–Kier alpha value is -2.76. The van der Waals surface area contributed by atoms with Crippen molar-refractivity contribution in [3.63, 3.8) is 0 Å². The number of hydrogen-bond acceptors (Lipinski definition) is 4. The van der Waals surface area contributed by atoms with Crippen molar-refractivity contribution < 1.29 is 9.53 Å². The molecule has 0 radical (unpaired) electrons. The second kappa shape index (κ2) is 8.77. The largest absolute Gasteiger partial charge is 0.370 e. The summed E-state index contributed by atoms with van der Waals surface area (Å²) in [6, 6.07) is 22.2. The molecule has 0 bridgehead atoms. The Kier molecular flexibility index (Phi) is 5.70. The summed E-state index contributed by atoms with van der Waals surface area (Å²) in [4.78, 5) is 19.6. The van der Waals surface area contributed by atoms with Crippen molar-refractivity contribution in [2.75, 3.05) is 19.6 Å². The summed E-state index contributed by atoms with van der Waals surface area (Å²) < 4.78 is 6.48. The van der Waals surface area contributed by atoms with Crippen LogP contribution in [0.3, 0.4) is 0 Å². The van der Waals surface area contributed by atoms with Crippen LogP contribution in [-0.2, 0) is 11.3 Å². The molecule has 1 amide bonds. The van der Waals surface area contributed by atoms with Gasteiger partial charge in [-0.05, 0) is 43.4 Å². The van der Waals surface area contributed by atoms with Gasteiger partial charge in [0.05, 0.1) is 17.2 Å². The minimum atomic E-state index is -0.131. The van der Waals surface area contributed by atoms with Crippen LogP contribution < -0.4 is 5.32 Å². The molecule has 2 aliphatic rings. The zero-order valence-corrected chi connectivity index (χ0v) is 17.8. The van der Waals surface area contributed by atoms with Crippen LogP contribution >= 0.6 is 0 Å². The minimum Gasteiger partial charge on any atom is -0.370 e. The third kappa shape index (κ3) is 4.63. The van der Waals surface area contributed by atoms with Gasteiger partial charge < -0.3 is 10.1 Å². The van der Waals surface area contributed by atoms with E-state index < -0.39 is 0 Å². The first-order valence-electron chi connectivity index (χ1n) is 11.3. The number of fused-ring (bicyclic) bond motifs is 1. The number of para-hydroxylation sites is 1. The van der Waals surface area contributed by atoms with Crippen molar-refractivity contribution in [2.45, 2.75) is 43.9 Å². The number of pyridine rings is 1. The molecule has 1 unspecified atom stereocenters. The zero-order chi connectivity index (χ0) is 21.1. The molecule has 2 fully saturated rings. The molecular formula is C26H29N3O2. The van der Waals surface area contributed by atoms with Gasteiger partial charge in [0.2, 0.25) is 0 Å². The number of carbonyl (C=O) groups is 1. The van der Waals surface area contributed by atoms with Crippen LogP contribution in [-0.4, -0.2) is 47.1 Å². The van der Waals surface area contributed by atoms with Crippen molar-refractivity contribution in [3.8, 4) is 0 Å². The number of likely N-dealkylation sites (tertiary alicyclic amines) is 1. The molecule has 2 aliphatic heterocycles. The van der Waals surface area contributed by atoms with Crippen molar-refractivity contribution in [2.24, 2.45) is 0 Å². The number of benzene rings is 2. The van der Waals surface area contributed by atoms with Crippen LogP contribution in [0.15, 0.2) is 66.7 Å². The number of nitrogens with one attached hydrogen (secondary N) is 1. The fourth-order valence-corrected chi connectivity index (χ4v) is 4.86. The van der Waals surface area contributed by atoms with Crippen LogP contribution in [0.4, 0.5) is 0 Å². The fraction of sp³-hybridized carbons (Fsp3) is 0.385. The van der Waals surface area contributed by atoms with Crippen LogP contribution in [0.5, 0.6) is 0 Å². The van der Waals surface area contributed by atoms with Gasteiger partial charge in [0, 0.05) is 31.6 Å². The number of carbonyl (C=O) groups excluding carboxylic acids is 1. The molecule has 160 valence electrons. The average molecular weight is 416 g/mol. The summed E-state index contributed by atoms with van der Waals surface area (Å²) >= 11 is 0. The summed E-state index contributed by atoms with van der Waals surface area (Å²) in [6.07, 6.45) is 4.31. The van der Waals surface area contributed by atoms with E-state index in [2.05, 4.69) is 45.5 Å². The third-order valence-corrected chi connectivity index (χ3v) is 6.68. The number of piperidine rings is 1. The topological polar surface area (TPSA) is 54.5 Å². The van der Waals surface area contributed by atoms with Gasteiger partial charge in [0.25, 0.3) is 5.91 Å². The lowest BCUT2D eigenvalue weighted by Crippen LogP contribution is -2.44. The molecule has 1 spiro atoms. The molecule has 0 aliphatic carbocycles. The number of nitrogens with zero attached hydrogens (tertiary/aromatic N) is 2. The number of rotatable bonds is 5. The highest BCUT2D eigenvalue weighted by Gasteiger charge is 2.42. The number of hydrogen-bond donors (Lipinski definition) is 1. The molecule has 1 N–H and O–H groups in total. The molecule has 31 heavy (non-hydrogen) atoms. The first-order chi connectivity index (χ1) is 15.2. The molecule has 5 heteroatoms. The Morgan fingerprint density at radius 3 is 2.61 bits per heavy atom. The summed E-state index contributed by atoms with van der Waals surface area (Å²) in [6.45, 7) is 3.68. The SMILES string of the molecule is O=C(NCC1CCC2(CCN(Cc3ccccc3)CC2)O1)c1ccc2ccccc2n1. The molecule has 2 saturated heterocycles. The van der Waals surface area contributed by atoms with Crippen LogP contribution in [0.2, 0.25) is 0 Å². The van der Waals surface area contributed by atoms with Gasteiger partial charge in [-0.25, -0.2) is 4.98 Å². The van der Waals surface area contributed by atoms with Gasteiger partial charge in [-0.3, -0.25) is 9.69 Å². The summed E-state index contributed by atoms with van der Waals surface area (Å²) in [5.41, 5.74) is 2.66. The molecule has 1 atom stereocenters. The van der Waals surface area contributed by atoms with Gasteiger partial charge in [0.1, 0.15) is 5.69 Å². The number of aromatic nitrogens is 1. The normalized spacial score (nSPS) is 20.8. The predicted octanol–water partition coefficient (Wildman–Crippen LogP) is 4.18. The Morgan fingerprint density at radius 2 is 1.77 bits per heavy atom. The van der Waals surface area contributed by atoms with Crippen molar-refractivity contribution in [3.05, 3.63) is 78.0 Å². The van der Waals surface area contributed by atoms with Gasteiger partial charge in [0.15, 0.2) is 0 Å². The number of amides is 1. The van der Waals surface area contributed by atoms with E-state index in [-0.39, 0.29) is 17.6 Å². The van der Waals surface area contributed by atoms with E-state index >= 15 is 0 Å². The van der Waals surface area contributed by atoms with E-state index in [1.165, 1.54) is 5.56 Å². The van der Waals surface area contributed by atoms with E-state index in [4.69, 9.17) is 4.74 Å². The van der Waals surface area contributed by atoms with Crippen LogP contribution in [0, 0.1) is 0 Å². The van der Waals surface area contributed by atoms with Gasteiger partial charge in [-0.15, -0.1) is 0 Å². The van der Waals surface area contributed by atoms with Crippen LogP contribution in [0.25, 0.3) is 10.9 Å². The smallest absolute Gasteiger partial charge is 0.269 e. The molecule has 0 saturated carbocycles. The molecule has 1 aromatic heterocycles. The Morgan fingerprint density at radius 1 is 1.00 bits per heavy atom. The molecule has 3 heterocycles. The second-order valence-electron chi connectivity index (χ2n) is 8.82. The number of ether oxygens (including phenoxy) is 1. The van der Waals surface area contributed by atoms with E-state index in [9.17, 15) is 4.79 Å².